The van der Waals surface area contributed by atoms with Crippen LogP contribution in [-0.4, -0.2) is 23.2 Å². The number of alkyl halides is 3. The monoisotopic (exact) mass is 374 g/mol. The molecule has 0 amide bonds. The van der Waals surface area contributed by atoms with Crippen molar-refractivity contribution in [2.45, 2.75) is 49.2 Å². The maximum Gasteiger partial charge on any atom is 0.416 e. The summed E-state index contributed by atoms with van der Waals surface area (Å²) in [4.78, 5) is 3.42. The zero-order valence-corrected chi connectivity index (χ0v) is 14.0. The number of anilines is 1. The van der Waals surface area contributed by atoms with Gasteiger partial charge in [-0.25, -0.2) is 17.8 Å². The van der Waals surface area contributed by atoms with Crippen molar-refractivity contribution in [3.8, 4) is 0 Å². The van der Waals surface area contributed by atoms with Crippen LogP contribution < -0.4 is 4.72 Å². The maximum atomic E-state index is 12.7. The molecule has 2 aromatic rings. The molecule has 136 valence electrons. The first-order valence-electron chi connectivity index (χ1n) is 7.87. The molecule has 0 atom stereocenters. The van der Waals surface area contributed by atoms with Crippen molar-refractivity contribution in [3.05, 3.63) is 36.2 Å². The number of nitrogens with one attached hydrogen (secondary N) is 1. The van der Waals surface area contributed by atoms with Gasteiger partial charge in [-0.15, -0.1) is 5.10 Å². The third-order valence-corrected chi connectivity index (χ3v) is 5.48. The highest BCUT2D eigenvalue weighted by Crippen LogP contribution is 2.31. The minimum absolute atomic E-state index is 0.150. The first-order chi connectivity index (χ1) is 11.8. The number of halogens is 3. The lowest BCUT2D eigenvalue weighted by Gasteiger charge is -2.21. The van der Waals surface area contributed by atoms with Crippen molar-refractivity contribution >= 4 is 16.0 Å². The SMILES string of the molecule is O=S(=O)(Nc1ncn(C2CCCCC2)n1)c1cccc(C(F)(F)F)c1. The summed E-state index contributed by atoms with van der Waals surface area (Å²) in [6, 6.07) is 3.71. The molecule has 0 saturated heterocycles. The highest BCUT2D eigenvalue weighted by atomic mass is 32.2. The second-order valence-corrected chi connectivity index (χ2v) is 7.65. The van der Waals surface area contributed by atoms with Crippen LogP contribution in [0.25, 0.3) is 0 Å². The van der Waals surface area contributed by atoms with Crippen molar-refractivity contribution < 1.29 is 21.6 Å². The normalized spacial score (nSPS) is 16.8. The number of rotatable bonds is 4. The minimum Gasteiger partial charge on any atom is -0.248 e. The van der Waals surface area contributed by atoms with Crippen LogP contribution in [0.1, 0.15) is 43.7 Å². The Bertz CT molecular complexity index is 842. The van der Waals surface area contributed by atoms with E-state index in [0.717, 1.165) is 43.9 Å². The van der Waals surface area contributed by atoms with Crippen molar-refractivity contribution in [2.75, 3.05) is 4.72 Å². The van der Waals surface area contributed by atoms with Gasteiger partial charge in [0.15, 0.2) is 0 Å². The molecule has 1 fully saturated rings. The molecule has 1 aromatic heterocycles. The van der Waals surface area contributed by atoms with E-state index in [1.165, 1.54) is 12.7 Å². The summed E-state index contributed by atoms with van der Waals surface area (Å²) in [5, 5.41) is 4.11. The van der Waals surface area contributed by atoms with E-state index in [4.69, 9.17) is 0 Å². The van der Waals surface area contributed by atoms with Crippen LogP contribution in [0, 0.1) is 0 Å². The minimum atomic E-state index is -4.62. The summed E-state index contributed by atoms with van der Waals surface area (Å²) >= 11 is 0. The van der Waals surface area contributed by atoms with Crippen molar-refractivity contribution in [1.82, 2.24) is 14.8 Å². The van der Waals surface area contributed by atoms with Gasteiger partial charge in [0.2, 0.25) is 0 Å². The molecule has 0 unspecified atom stereocenters. The van der Waals surface area contributed by atoms with E-state index in [1.54, 1.807) is 4.68 Å². The van der Waals surface area contributed by atoms with E-state index in [1.807, 2.05) is 0 Å². The molecule has 0 bridgehead atoms. The van der Waals surface area contributed by atoms with Crippen LogP contribution in [0.4, 0.5) is 19.1 Å². The number of benzene rings is 1. The van der Waals surface area contributed by atoms with Gasteiger partial charge in [0.25, 0.3) is 16.0 Å². The molecule has 0 spiro atoms. The number of hydrogen-bond acceptors (Lipinski definition) is 4. The fourth-order valence-electron chi connectivity index (χ4n) is 2.86. The Hall–Kier alpha value is -2.10. The summed E-state index contributed by atoms with van der Waals surface area (Å²) in [7, 11) is -4.20. The summed E-state index contributed by atoms with van der Waals surface area (Å²) in [6.45, 7) is 0. The Balaban J connectivity index is 1.79. The summed E-state index contributed by atoms with van der Waals surface area (Å²) in [6.07, 6.45) is 2.05. The molecule has 0 radical (unpaired) electrons. The second-order valence-electron chi connectivity index (χ2n) is 5.97. The van der Waals surface area contributed by atoms with Gasteiger partial charge < -0.3 is 0 Å². The van der Waals surface area contributed by atoms with Gasteiger partial charge in [0.05, 0.1) is 16.5 Å². The van der Waals surface area contributed by atoms with Gasteiger partial charge in [-0.05, 0) is 31.0 Å². The molecule has 10 heteroatoms. The lowest BCUT2D eigenvalue weighted by molar-refractivity contribution is -0.137. The van der Waals surface area contributed by atoms with Gasteiger partial charge in [0.1, 0.15) is 6.33 Å². The van der Waals surface area contributed by atoms with E-state index in [0.29, 0.717) is 6.07 Å². The Kier molecular flexibility index (Phi) is 4.72. The third kappa shape index (κ3) is 4.12. The topological polar surface area (TPSA) is 76.9 Å². The van der Waals surface area contributed by atoms with E-state index in [-0.39, 0.29) is 12.0 Å². The molecule has 6 nitrogen and oxygen atoms in total. The van der Waals surface area contributed by atoms with Crippen LogP contribution in [0.15, 0.2) is 35.5 Å². The molecular weight excluding hydrogens is 357 g/mol. The van der Waals surface area contributed by atoms with Crippen molar-refractivity contribution in [2.24, 2.45) is 0 Å². The molecule has 1 N–H and O–H groups in total. The molecular formula is C15H17F3N4O2S. The first-order valence-corrected chi connectivity index (χ1v) is 9.35. The molecule has 1 aromatic carbocycles. The summed E-state index contributed by atoms with van der Waals surface area (Å²) < 4.78 is 66.6. The first kappa shape index (κ1) is 17.7. The van der Waals surface area contributed by atoms with Crippen molar-refractivity contribution in [3.63, 3.8) is 0 Å². The molecule has 0 aliphatic heterocycles. The van der Waals surface area contributed by atoms with E-state index < -0.39 is 26.7 Å². The van der Waals surface area contributed by atoms with Crippen LogP contribution in [0.3, 0.4) is 0 Å². The average Bonchev–Trinajstić information content (AvgIpc) is 3.03. The molecule has 3 rings (SSSR count). The lowest BCUT2D eigenvalue weighted by atomic mass is 9.96. The molecule has 1 saturated carbocycles. The standard InChI is InChI=1S/C15H17F3N4O2S/c16-15(17,18)11-5-4-8-13(9-11)25(23,24)21-14-19-10-22(20-14)12-6-2-1-3-7-12/h4-5,8-10,12H,1-3,6-7H2,(H,20,21). The number of aromatic nitrogens is 3. The summed E-state index contributed by atoms with van der Waals surface area (Å²) in [5.41, 5.74) is -1.03. The fraction of sp³-hybridized carbons (Fsp3) is 0.467. The Morgan fingerprint density at radius 1 is 1.16 bits per heavy atom. The second kappa shape index (κ2) is 6.66. The van der Waals surface area contributed by atoms with E-state index >= 15 is 0 Å². The van der Waals surface area contributed by atoms with Crippen molar-refractivity contribution in [1.29, 1.82) is 0 Å². The Morgan fingerprint density at radius 3 is 2.56 bits per heavy atom. The smallest absolute Gasteiger partial charge is 0.248 e. The third-order valence-electron chi connectivity index (χ3n) is 4.15. The largest absolute Gasteiger partial charge is 0.416 e. The summed E-state index contributed by atoms with van der Waals surface area (Å²) in [5.74, 6) is -0.150. The van der Waals surface area contributed by atoms with E-state index in [9.17, 15) is 21.6 Å². The fourth-order valence-corrected chi connectivity index (χ4v) is 3.85. The van der Waals surface area contributed by atoms with Gasteiger partial charge in [0, 0.05) is 0 Å². The van der Waals surface area contributed by atoms with Gasteiger partial charge in [-0.2, -0.15) is 18.2 Å². The molecule has 1 aliphatic carbocycles. The van der Waals surface area contributed by atoms with Crippen LogP contribution >= 0.6 is 0 Å². The molecule has 1 heterocycles. The molecule has 25 heavy (non-hydrogen) atoms. The lowest BCUT2D eigenvalue weighted by Crippen LogP contribution is -2.17. The van der Waals surface area contributed by atoms with Crippen LogP contribution in [0.2, 0.25) is 0 Å². The molecule has 1 aliphatic rings. The quantitative estimate of drug-likeness (QED) is 0.887. The van der Waals surface area contributed by atoms with Gasteiger partial charge in [-0.1, -0.05) is 25.3 Å². The zero-order chi connectivity index (χ0) is 18.1. The van der Waals surface area contributed by atoms with E-state index in [2.05, 4.69) is 14.8 Å². The zero-order valence-electron chi connectivity index (χ0n) is 13.2. The highest BCUT2D eigenvalue weighted by Gasteiger charge is 2.32. The highest BCUT2D eigenvalue weighted by molar-refractivity contribution is 7.92. The maximum absolute atomic E-state index is 12.7. The number of nitrogens with zero attached hydrogens (tertiary/aromatic N) is 3. The van der Waals surface area contributed by atoms with Gasteiger partial charge >= 0.3 is 6.18 Å². The Labute approximate surface area is 143 Å². The Morgan fingerprint density at radius 2 is 1.88 bits per heavy atom. The predicted molar refractivity (Wildman–Crippen MR) is 84.4 cm³/mol. The van der Waals surface area contributed by atoms with Gasteiger partial charge in [-0.3, -0.25) is 0 Å². The predicted octanol–water partition coefficient (Wildman–Crippen LogP) is 3.60. The average molecular weight is 374 g/mol. The number of sulfonamides is 1. The van der Waals surface area contributed by atoms with Crippen LogP contribution in [0.5, 0.6) is 0 Å². The number of hydrogen-bond donors (Lipinski definition) is 1. The van der Waals surface area contributed by atoms with Crippen LogP contribution in [-0.2, 0) is 16.2 Å².